The fourth-order valence-electron chi connectivity index (χ4n) is 6.55. The smallest absolute Gasteiger partial charge is 0.335 e. The van der Waals surface area contributed by atoms with Gasteiger partial charge in [-0.15, -0.1) is 0 Å². The summed E-state index contributed by atoms with van der Waals surface area (Å²) in [7, 11) is 0. The van der Waals surface area contributed by atoms with Gasteiger partial charge in [-0.25, -0.2) is 4.79 Å². The third-order valence-electron chi connectivity index (χ3n) is 8.18. The third-order valence-corrected chi connectivity index (χ3v) is 8.78. The Morgan fingerprint density at radius 3 is 2.12 bits per heavy atom. The predicted molar refractivity (Wildman–Crippen MR) is 127 cm³/mol. The molecule has 2 saturated carbocycles. The lowest BCUT2D eigenvalue weighted by molar-refractivity contribution is -0.153. The molecule has 4 aliphatic carbocycles. The van der Waals surface area contributed by atoms with Gasteiger partial charge in [0.25, 0.3) is 0 Å². The molecule has 0 unspecified atom stereocenters. The van der Waals surface area contributed by atoms with Crippen molar-refractivity contribution in [1.29, 1.82) is 0 Å². The molecule has 0 radical (unpaired) electrons. The highest BCUT2D eigenvalue weighted by atomic mass is 35.5. The van der Waals surface area contributed by atoms with Crippen molar-refractivity contribution in [3.8, 4) is 5.75 Å². The SMILES string of the molecule is Cc1cc(OC(=O)[C@H](Cc2ccccc2)N2C(=O)[C@@H]3[C@H]4C=C[C@@H]([C@@H]5C[C@@H]45)[C@H]3C2=O)cc(C)c1Cl. The predicted octanol–water partition coefficient (Wildman–Crippen LogP) is 4.53. The van der Waals surface area contributed by atoms with Crippen molar-refractivity contribution in [2.75, 3.05) is 0 Å². The summed E-state index contributed by atoms with van der Waals surface area (Å²) in [6, 6.07) is 11.9. The molecule has 0 N–H and O–H groups in total. The van der Waals surface area contributed by atoms with Crippen molar-refractivity contribution in [2.24, 2.45) is 35.5 Å². The highest BCUT2D eigenvalue weighted by Gasteiger charge is 2.68. The van der Waals surface area contributed by atoms with Gasteiger partial charge in [0.2, 0.25) is 11.8 Å². The molecule has 0 aromatic heterocycles. The van der Waals surface area contributed by atoms with Crippen LogP contribution in [0.4, 0.5) is 0 Å². The molecule has 174 valence electrons. The summed E-state index contributed by atoms with van der Waals surface area (Å²) in [6.07, 6.45) is 5.59. The molecular formula is C28H26ClNO4. The average Bonchev–Trinajstić information content (AvgIpc) is 3.60. The summed E-state index contributed by atoms with van der Waals surface area (Å²) in [4.78, 5) is 42.2. The van der Waals surface area contributed by atoms with Crippen LogP contribution in [-0.2, 0) is 20.8 Å². The van der Waals surface area contributed by atoms with E-state index in [9.17, 15) is 14.4 Å². The second-order valence-electron chi connectivity index (χ2n) is 10.2. The quantitative estimate of drug-likeness (QED) is 0.276. The van der Waals surface area contributed by atoms with Crippen LogP contribution in [0.2, 0.25) is 5.02 Å². The molecule has 1 aliphatic heterocycles. The second-order valence-corrected chi connectivity index (χ2v) is 10.6. The van der Waals surface area contributed by atoms with Gasteiger partial charge >= 0.3 is 5.97 Å². The van der Waals surface area contributed by atoms with Gasteiger partial charge in [-0.05, 0) is 72.8 Å². The molecule has 7 atom stereocenters. The molecule has 34 heavy (non-hydrogen) atoms. The number of esters is 1. The summed E-state index contributed by atoms with van der Waals surface area (Å²) in [5.74, 6) is -0.151. The zero-order chi connectivity index (χ0) is 23.7. The number of carbonyl (C=O) groups is 3. The van der Waals surface area contributed by atoms with E-state index in [1.54, 1.807) is 12.1 Å². The lowest BCUT2D eigenvalue weighted by Crippen LogP contribution is -2.48. The Labute approximate surface area is 203 Å². The Hall–Kier alpha value is -2.92. The first-order valence-corrected chi connectivity index (χ1v) is 12.3. The van der Waals surface area contributed by atoms with Crippen molar-refractivity contribution in [2.45, 2.75) is 32.7 Å². The first-order chi connectivity index (χ1) is 16.3. The van der Waals surface area contributed by atoms with Crippen LogP contribution in [-0.4, -0.2) is 28.7 Å². The number of amides is 2. The summed E-state index contributed by atoms with van der Waals surface area (Å²) >= 11 is 6.27. The number of nitrogens with zero attached hydrogens (tertiary/aromatic N) is 1. The molecular weight excluding hydrogens is 450 g/mol. The second kappa shape index (κ2) is 7.81. The van der Waals surface area contributed by atoms with Gasteiger partial charge in [0.05, 0.1) is 11.8 Å². The monoisotopic (exact) mass is 475 g/mol. The van der Waals surface area contributed by atoms with Crippen molar-refractivity contribution in [3.63, 3.8) is 0 Å². The number of imide groups is 1. The molecule has 2 aromatic rings. The van der Waals surface area contributed by atoms with Gasteiger partial charge in [0.1, 0.15) is 11.8 Å². The Morgan fingerprint density at radius 2 is 1.56 bits per heavy atom. The van der Waals surface area contributed by atoms with E-state index in [1.807, 2.05) is 44.2 Å². The first-order valence-electron chi connectivity index (χ1n) is 11.9. The highest BCUT2D eigenvalue weighted by molar-refractivity contribution is 6.32. The molecule has 7 rings (SSSR count). The van der Waals surface area contributed by atoms with Crippen molar-refractivity contribution in [3.05, 3.63) is 76.3 Å². The fraction of sp³-hybridized carbons (Fsp3) is 0.393. The number of aryl methyl sites for hydroxylation is 2. The minimum absolute atomic E-state index is 0.108. The molecule has 3 fully saturated rings. The van der Waals surface area contributed by atoms with Crippen LogP contribution in [0.25, 0.3) is 0 Å². The van der Waals surface area contributed by atoms with Gasteiger partial charge in [-0.1, -0.05) is 54.1 Å². The number of rotatable bonds is 5. The van der Waals surface area contributed by atoms with Crippen LogP contribution < -0.4 is 4.74 Å². The number of benzene rings is 2. The Balaban J connectivity index is 1.34. The van der Waals surface area contributed by atoms with Gasteiger partial charge in [0, 0.05) is 11.4 Å². The van der Waals surface area contributed by atoms with Crippen molar-refractivity contribution >= 4 is 29.4 Å². The number of hydrogen-bond donors (Lipinski definition) is 0. The minimum atomic E-state index is -1.01. The molecule has 2 aromatic carbocycles. The number of allylic oxidation sites excluding steroid dienone is 2. The molecule has 1 heterocycles. The molecule has 5 aliphatic rings. The van der Waals surface area contributed by atoms with Crippen LogP contribution >= 0.6 is 11.6 Å². The number of ether oxygens (including phenoxy) is 1. The zero-order valence-electron chi connectivity index (χ0n) is 19.1. The average molecular weight is 476 g/mol. The van der Waals surface area contributed by atoms with E-state index in [-0.39, 0.29) is 41.9 Å². The van der Waals surface area contributed by atoms with E-state index in [4.69, 9.17) is 16.3 Å². The van der Waals surface area contributed by atoms with Crippen LogP contribution in [0.15, 0.2) is 54.6 Å². The van der Waals surface area contributed by atoms with Gasteiger partial charge < -0.3 is 4.74 Å². The van der Waals surface area contributed by atoms with Crippen molar-refractivity contribution < 1.29 is 19.1 Å². The topological polar surface area (TPSA) is 63.7 Å². The molecule has 0 spiro atoms. The molecule has 2 amide bonds. The maximum Gasteiger partial charge on any atom is 0.335 e. The Morgan fingerprint density at radius 1 is 1.00 bits per heavy atom. The highest BCUT2D eigenvalue weighted by Crippen LogP contribution is 2.65. The van der Waals surface area contributed by atoms with E-state index in [2.05, 4.69) is 12.2 Å². The zero-order valence-corrected chi connectivity index (χ0v) is 19.9. The van der Waals surface area contributed by atoms with Crippen LogP contribution in [0.1, 0.15) is 23.1 Å². The normalized spacial score (nSPS) is 31.3. The Bertz CT molecular complexity index is 1180. The first kappa shape index (κ1) is 21.6. The van der Waals surface area contributed by atoms with Crippen molar-refractivity contribution in [1.82, 2.24) is 4.90 Å². The number of hydrogen-bond acceptors (Lipinski definition) is 4. The lowest BCUT2D eigenvalue weighted by atomic mass is 9.63. The summed E-state index contributed by atoms with van der Waals surface area (Å²) in [5.41, 5.74) is 2.46. The van der Waals surface area contributed by atoms with Crippen LogP contribution in [0, 0.1) is 49.4 Å². The van der Waals surface area contributed by atoms with E-state index in [0.717, 1.165) is 23.1 Å². The van der Waals surface area contributed by atoms with Gasteiger partial charge in [0.15, 0.2) is 0 Å². The van der Waals surface area contributed by atoms with Gasteiger partial charge in [-0.3, -0.25) is 14.5 Å². The maximum absolute atomic E-state index is 13.7. The molecule has 1 saturated heterocycles. The summed E-state index contributed by atoms with van der Waals surface area (Å²) < 4.78 is 5.77. The van der Waals surface area contributed by atoms with Crippen LogP contribution in [0.5, 0.6) is 5.75 Å². The van der Waals surface area contributed by atoms with E-state index in [0.29, 0.717) is 22.6 Å². The minimum Gasteiger partial charge on any atom is -0.425 e. The largest absolute Gasteiger partial charge is 0.425 e. The molecule has 6 heteroatoms. The lowest BCUT2D eigenvalue weighted by Gasteiger charge is -2.37. The summed E-state index contributed by atoms with van der Waals surface area (Å²) in [6.45, 7) is 3.70. The number of likely N-dealkylation sites (tertiary alicyclic amines) is 1. The third kappa shape index (κ3) is 3.24. The standard InChI is InChI=1S/C28H26ClNO4/c1-14-10-17(11-15(2)25(14)29)34-28(33)22(12-16-6-4-3-5-7-16)30-26(31)23-18-8-9-19(21-13-20(18)21)24(23)27(30)32/h3-11,18-24H,12-13H2,1-2H3/t18-,19-,20-,21-,22-,23+,24+/m0/s1. The van der Waals surface area contributed by atoms with Crippen LogP contribution in [0.3, 0.4) is 0 Å². The number of halogens is 1. The van der Waals surface area contributed by atoms with E-state index in [1.165, 1.54) is 4.90 Å². The fourth-order valence-corrected chi connectivity index (χ4v) is 6.66. The Kier molecular flexibility index (Phi) is 4.96. The number of carbonyl (C=O) groups excluding carboxylic acids is 3. The van der Waals surface area contributed by atoms with E-state index < -0.39 is 12.0 Å². The van der Waals surface area contributed by atoms with E-state index >= 15 is 0 Å². The molecule has 5 nitrogen and oxygen atoms in total. The summed E-state index contributed by atoms with van der Waals surface area (Å²) in [5, 5.41) is 0.621. The van der Waals surface area contributed by atoms with Gasteiger partial charge in [-0.2, -0.15) is 0 Å². The maximum atomic E-state index is 13.7. The molecule has 2 bridgehead atoms.